The minimum atomic E-state index is -1.05. The molecule has 1 heterocycles. The van der Waals surface area contributed by atoms with Gasteiger partial charge in [0, 0.05) is 12.2 Å². The van der Waals surface area contributed by atoms with Gasteiger partial charge in [-0.3, -0.25) is 9.69 Å². The van der Waals surface area contributed by atoms with Crippen molar-refractivity contribution in [1.82, 2.24) is 4.90 Å². The van der Waals surface area contributed by atoms with Gasteiger partial charge in [-0.1, -0.05) is 12.1 Å². The number of aromatic carboxylic acids is 1. The molecule has 2 rings (SSSR count). The number of nitrogens with two attached hydrogens (primary N) is 2. The summed E-state index contributed by atoms with van der Waals surface area (Å²) in [5.41, 5.74) is 12.0. The van der Waals surface area contributed by atoms with Gasteiger partial charge < -0.3 is 16.6 Å². The van der Waals surface area contributed by atoms with E-state index in [1.165, 1.54) is 0 Å². The fourth-order valence-corrected chi connectivity index (χ4v) is 2.57. The first-order chi connectivity index (χ1) is 9.00. The third kappa shape index (κ3) is 2.68. The monoisotopic (exact) mass is 263 g/mol. The maximum absolute atomic E-state index is 11.3. The van der Waals surface area contributed by atoms with Crippen LogP contribution in [0.4, 0.5) is 5.69 Å². The number of primary amides is 1. The van der Waals surface area contributed by atoms with Gasteiger partial charge in [-0.05, 0) is 31.0 Å². The molecular formula is C13H17N3O3. The van der Waals surface area contributed by atoms with Gasteiger partial charge in [-0.2, -0.15) is 0 Å². The van der Waals surface area contributed by atoms with Crippen molar-refractivity contribution in [3.05, 3.63) is 29.3 Å². The van der Waals surface area contributed by atoms with Crippen LogP contribution in [0.2, 0.25) is 0 Å². The van der Waals surface area contributed by atoms with Gasteiger partial charge in [0.15, 0.2) is 0 Å². The highest BCUT2D eigenvalue weighted by molar-refractivity contribution is 5.95. The summed E-state index contributed by atoms with van der Waals surface area (Å²) >= 11 is 0. The lowest BCUT2D eigenvalue weighted by Crippen LogP contribution is -2.40. The number of carbonyl (C=O) groups is 2. The number of nitrogens with zero attached hydrogens (tertiary/aromatic N) is 1. The first-order valence-electron chi connectivity index (χ1n) is 6.14. The lowest BCUT2D eigenvalue weighted by Gasteiger charge is -2.22. The smallest absolute Gasteiger partial charge is 0.338 e. The molecule has 0 aliphatic carbocycles. The Bertz CT molecular complexity index is 516. The van der Waals surface area contributed by atoms with Crippen LogP contribution in [-0.2, 0) is 11.3 Å². The van der Waals surface area contributed by atoms with Crippen LogP contribution in [0.15, 0.2) is 18.2 Å². The number of carboxylic acid groups (broad SMARTS) is 1. The summed E-state index contributed by atoms with van der Waals surface area (Å²) in [6, 6.07) is 4.67. The molecule has 0 saturated carbocycles. The van der Waals surface area contributed by atoms with Crippen LogP contribution >= 0.6 is 0 Å². The van der Waals surface area contributed by atoms with Crippen LogP contribution in [0.3, 0.4) is 0 Å². The first kappa shape index (κ1) is 13.4. The molecule has 19 heavy (non-hydrogen) atoms. The number of amides is 1. The first-order valence-corrected chi connectivity index (χ1v) is 6.14. The molecule has 1 aliphatic heterocycles. The molecule has 1 aromatic carbocycles. The summed E-state index contributed by atoms with van der Waals surface area (Å²) in [5.74, 6) is -1.42. The van der Waals surface area contributed by atoms with E-state index in [0.29, 0.717) is 12.1 Å². The maximum Gasteiger partial charge on any atom is 0.338 e. The van der Waals surface area contributed by atoms with Crippen molar-refractivity contribution in [2.75, 3.05) is 12.3 Å². The van der Waals surface area contributed by atoms with Crippen LogP contribution in [0.25, 0.3) is 0 Å². The van der Waals surface area contributed by atoms with Crippen molar-refractivity contribution < 1.29 is 14.7 Å². The molecule has 6 heteroatoms. The topological polar surface area (TPSA) is 110 Å². The van der Waals surface area contributed by atoms with Crippen LogP contribution in [0, 0.1) is 0 Å². The van der Waals surface area contributed by atoms with Gasteiger partial charge in [0.1, 0.15) is 0 Å². The maximum atomic E-state index is 11.3. The van der Waals surface area contributed by atoms with Gasteiger partial charge in [0.2, 0.25) is 5.91 Å². The van der Waals surface area contributed by atoms with Crippen molar-refractivity contribution in [3.8, 4) is 0 Å². The number of anilines is 1. The Balaban J connectivity index is 2.26. The third-order valence-electron chi connectivity index (χ3n) is 3.46. The summed E-state index contributed by atoms with van der Waals surface area (Å²) in [7, 11) is 0. The second kappa shape index (κ2) is 5.27. The van der Waals surface area contributed by atoms with E-state index >= 15 is 0 Å². The molecule has 1 aliphatic rings. The molecule has 1 atom stereocenters. The van der Waals surface area contributed by atoms with E-state index in [0.717, 1.165) is 19.4 Å². The molecule has 1 amide bonds. The minimum Gasteiger partial charge on any atom is -0.478 e. The average Bonchev–Trinajstić information content (AvgIpc) is 2.76. The van der Waals surface area contributed by atoms with E-state index in [9.17, 15) is 14.7 Å². The molecule has 0 radical (unpaired) electrons. The fraction of sp³-hybridized carbons (Fsp3) is 0.385. The third-order valence-corrected chi connectivity index (χ3v) is 3.46. The van der Waals surface area contributed by atoms with Gasteiger partial charge in [0.05, 0.1) is 11.6 Å². The van der Waals surface area contributed by atoms with Gasteiger partial charge >= 0.3 is 5.97 Å². The normalized spacial score (nSPS) is 19.5. The SMILES string of the molecule is NC(=O)C1CCCN1Cc1cccc(N)c1C(=O)O. The van der Waals surface area contributed by atoms with Gasteiger partial charge in [0.25, 0.3) is 0 Å². The molecule has 5 N–H and O–H groups in total. The molecule has 102 valence electrons. The molecule has 1 unspecified atom stereocenters. The van der Waals surface area contributed by atoms with Crippen molar-refractivity contribution in [2.45, 2.75) is 25.4 Å². The van der Waals surface area contributed by atoms with Crippen molar-refractivity contribution in [3.63, 3.8) is 0 Å². The molecule has 0 aromatic heterocycles. The Morgan fingerprint density at radius 2 is 2.16 bits per heavy atom. The predicted molar refractivity (Wildman–Crippen MR) is 70.4 cm³/mol. The highest BCUT2D eigenvalue weighted by atomic mass is 16.4. The quantitative estimate of drug-likeness (QED) is 0.682. The predicted octanol–water partition coefficient (Wildman–Crippen LogP) is 0.417. The number of hydrogen-bond donors (Lipinski definition) is 3. The molecule has 0 bridgehead atoms. The second-order valence-corrected chi connectivity index (χ2v) is 4.72. The summed E-state index contributed by atoms with van der Waals surface area (Å²) in [5, 5.41) is 9.21. The van der Waals surface area contributed by atoms with Gasteiger partial charge in [-0.25, -0.2) is 4.79 Å². The lowest BCUT2D eigenvalue weighted by atomic mass is 10.0. The number of benzene rings is 1. The Hall–Kier alpha value is -2.08. The molecule has 0 spiro atoms. The van der Waals surface area contributed by atoms with Crippen LogP contribution in [0.5, 0.6) is 0 Å². The lowest BCUT2D eigenvalue weighted by molar-refractivity contribution is -0.122. The fourth-order valence-electron chi connectivity index (χ4n) is 2.57. The Morgan fingerprint density at radius 1 is 1.42 bits per heavy atom. The van der Waals surface area contributed by atoms with Crippen LogP contribution in [-0.4, -0.2) is 34.5 Å². The average molecular weight is 263 g/mol. The zero-order valence-corrected chi connectivity index (χ0v) is 10.5. The molecule has 1 saturated heterocycles. The van der Waals surface area contributed by atoms with E-state index < -0.39 is 5.97 Å². The largest absolute Gasteiger partial charge is 0.478 e. The van der Waals surface area contributed by atoms with E-state index in [2.05, 4.69) is 0 Å². The van der Waals surface area contributed by atoms with E-state index in [-0.39, 0.29) is 23.2 Å². The summed E-state index contributed by atoms with van der Waals surface area (Å²) in [4.78, 5) is 24.5. The Kier molecular flexibility index (Phi) is 3.71. The zero-order valence-electron chi connectivity index (χ0n) is 10.5. The molecular weight excluding hydrogens is 246 g/mol. The summed E-state index contributed by atoms with van der Waals surface area (Å²) in [6.07, 6.45) is 1.61. The van der Waals surface area contributed by atoms with Crippen LogP contribution < -0.4 is 11.5 Å². The number of hydrogen-bond acceptors (Lipinski definition) is 4. The highest BCUT2D eigenvalue weighted by Crippen LogP contribution is 2.24. The Morgan fingerprint density at radius 3 is 2.79 bits per heavy atom. The number of likely N-dealkylation sites (tertiary alicyclic amines) is 1. The number of carbonyl (C=O) groups excluding carboxylic acids is 1. The van der Waals surface area contributed by atoms with E-state index in [4.69, 9.17) is 11.5 Å². The van der Waals surface area contributed by atoms with Crippen LogP contribution in [0.1, 0.15) is 28.8 Å². The van der Waals surface area contributed by atoms with Crippen molar-refractivity contribution in [1.29, 1.82) is 0 Å². The van der Waals surface area contributed by atoms with E-state index in [1.54, 1.807) is 18.2 Å². The molecule has 1 fully saturated rings. The standard InChI is InChI=1S/C13H17N3O3/c14-9-4-1-3-8(11(9)13(18)19)7-16-6-2-5-10(16)12(15)17/h1,3-4,10H,2,5-7,14H2,(H2,15,17)(H,18,19). The Labute approximate surface area is 111 Å². The number of rotatable bonds is 4. The summed E-state index contributed by atoms with van der Waals surface area (Å²) < 4.78 is 0. The van der Waals surface area contributed by atoms with Gasteiger partial charge in [-0.15, -0.1) is 0 Å². The zero-order chi connectivity index (χ0) is 14.0. The summed E-state index contributed by atoms with van der Waals surface area (Å²) in [6.45, 7) is 1.11. The highest BCUT2D eigenvalue weighted by Gasteiger charge is 2.29. The number of nitrogen functional groups attached to an aromatic ring is 1. The number of carboxylic acids is 1. The second-order valence-electron chi connectivity index (χ2n) is 4.72. The molecule has 6 nitrogen and oxygen atoms in total. The molecule has 1 aromatic rings. The van der Waals surface area contributed by atoms with E-state index in [1.807, 2.05) is 4.90 Å². The van der Waals surface area contributed by atoms with Crippen molar-refractivity contribution >= 4 is 17.6 Å². The van der Waals surface area contributed by atoms with Crippen molar-refractivity contribution in [2.24, 2.45) is 5.73 Å². The minimum absolute atomic E-state index is 0.109.